The number of nitrogens with one attached hydrogen (secondary N) is 1. The Morgan fingerprint density at radius 1 is 1.09 bits per heavy atom. The van der Waals surface area contributed by atoms with Crippen molar-refractivity contribution in [1.82, 2.24) is 14.8 Å². The molecular weight excluding hydrogens is 272 g/mol. The van der Waals surface area contributed by atoms with Gasteiger partial charge < -0.3 is 5.32 Å². The number of hydrogen-bond donors (Lipinski definition) is 1. The van der Waals surface area contributed by atoms with E-state index in [2.05, 4.69) is 47.0 Å². The van der Waals surface area contributed by atoms with Gasteiger partial charge in [-0.05, 0) is 49.6 Å². The minimum atomic E-state index is 0.968. The van der Waals surface area contributed by atoms with E-state index in [-0.39, 0.29) is 0 Å². The predicted octanol–water partition coefficient (Wildman–Crippen LogP) is 3.52. The van der Waals surface area contributed by atoms with Crippen LogP contribution in [0.3, 0.4) is 0 Å². The highest BCUT2D eigenvalue weighted by Crippen LogP contribution is 2.35. The molecule has 110 valence electrons. The molecule has 0 atom stereocenters. The second-order valence-corrected chi connectivity index (χ2v) is 5.79. The Morgan fingerprint density at radius 3 is 2.73 bits per heavy atom. The molecule has 0 saturated carbocycles. The maximum Gasteiger partial charge on any atom is 0.133 e. The summed E-state index contributed by atoms with van der Waals surface area (Å²) in [4.78, 5) is 4.10. The highest BCUT2D eigenvalue weighted by atomic mass is 15.3. The SMILES string of the molecule is Cc1ccc(C)c(-n2nc(-c3ccncc3)c3c2NCC3)c1. The molecule has 1 aliphatic rings. The number of fused-ring (bicyclic) bond motifs is 1. The zero-order valence-corrected chi connectivity index (χ0v) is 12.8. The predicted molar refractivity (Wildman–Crippen MR) is 88.5 cm³/mol. The summed E-state index contributed by atoms with van der Waals surface area (Å²) in [6.07, 6.45) is 4.65. The maximum atomic E-state index is 4.90. The van der Waals surface area contributed by atoms with Gasteiger partial charge >= 0.3 is 0 Å². The Morgan fingerprint density at radius 2 is 1.91 bits per heavy atom. The molecule has 4 heteroatoms. The van der Waals surface area contributed by atoms with Crippen LogP contribution < -0.4 is 5.32 Å². The second-order valence-electron chi connectivity index (χ2n) is 5.79. The van der Waals surface area contributed by atoms with Crippen molar-refractivity contribution < 1.29 is 0 Å². The zero-order chi connectivity index (χ0) is 15.1. The normalized spacial score (nSPS) is 13.0. The number of aryl methyl sites for hydroxylation is 2. The van der Waals surface area contributed by atoms with E-state index in [9.17, 15) is 0 Å². The zero-order valence-electron chi connectivity index (χ0n) is 12.8. The third kappa shape index (κ3) is 1.99. The summed E-state index contributed by atoms with van der Waals surface area (Å²) in [6, 6.07) is 10.5. The average Bonchev–Trinajstić information content (AvgIpc) is 3.13. The number of anilines is 1. The van der Waals surface area contributed by atoms with Crippen LogP contribution in [0.2, 0.25) is 0 Å². The molecule has 0 unspecified atom stereocenters. The van der Waals surface area contributed by atoms with Crippen molar-refractivity contribution in [2.24, 2.45) is 0 Å². The van der Waals surface area contributed by atoms with Crippen LogP contribution in [0, 0.1) is 13.8 Å². The first-order chi connectivity index (χ1) is 10.7. The minimum Gasteiger partial charge on any atom is -0.369 e. The number of pyridine rings is 1. The van der Waals surface area contributed by atoms with E-state index in [0.29, 0.717) is 0 Å². The molecule has 0 saturated heterocycles. The summed E-state index contributed by atoms with van der Waals surface area (Å²) in [6.45, 7) is 5.21. The van der Waals surface area contributed by atoms with E-state index in [1.54, 1.807) is 0 Å². The first kappa shape index (κ1) is 13.1. The van der Waals surface area contributed by atoms with Crippen molar-refractivity contribution in [2.45, 2.75) is 20.3 Å². The van der Waals surface area contributed by atoms with Crippen molar-refractivity contribution in [3.05, 3.63) is 59.4 Å². The molecule has 4 nitrogen and oxygen atoms in total. The number of aromatic nitrogens is 3. The molecule has 0 bridgehead atoms. The number of benzene rings is 1. The number of rotatable bonds is 2. The Bertz CT molecular complexity index is 834. The van der Waals surface area contributed by atoms with Crippen LogP contribution in [-0.4, -0.2) is 21.3 Å². The third-order valence-electron chi connectivity index (χ3n) is 4.20. The molecule has 4 rings (SSSR count). The highest BCUT2D eigenvalue weighted by Gasteiger charge is 2.24. The first-order valence-corrected chi connectivity index (χ1v) is 7.58. The van der Waals surface area contributed by atoms with Gasteiger partial charge in [-0.2, -0.15) is 5.10 Å². The van der Waals surface area contributed by atoms with E-state index >= 15 is 0 Å². The fourth-order valence-electron chi connectivity index (χ4n) is 3.04. The molecule has 0 aliphatic carbocycles. The van der Waals surface area contributed by atoms with Crippen LogP contribution in [0.15, 0.2) is 42.7 Å². The van der Waals surface area contributed by atoms with Gasteiger partial charge in [0, 0.05) is 30.1 Å². The Labute approximate surface area is 129 Å². The largest absolute Gasteiger partial charge is 0.369 e. The molecule has 0 spiro atoms. The Kier molecular flexibility index (Phi) is 2.96. The molecule has 0 fully saturated rings. The van der Waals surface area contributed by atoms with Crippen LogP contribution in [0.1, 0.15) is 16.7 Å². The van der Waals surface area contributed by atoms with Crippen LogP contribution >= 0.6 is 0 Å². The standard InChI is InChI=1S/C18H18N4/c1-12-3-4-13(2)16(11-12)22-18-15(7-10-20-18)17(21-22)14-5-8-19-9-6-14/h3-6,8-9,11,20H,7,10H2,1-2H3. The van der Waals surface area contributed by atoms with Crippen LogP contribution in [0.5, 0.6) is 0 Å². The number of hydrogen-bond acceptors (Lipinski definition) is 3. The van der Waals surface area contributed by atoms with Gasteiger partial charge in [-0.1, -0.05) is 12.1 Å². The molecule has 1 aliphatic heterocycles. The molecule has 0 amide bonds. The van der Waals surface area contributed by atoms with Crippen molar-refractivity contribution in [1.29, 1.82) is 0 Å². The van der Waals surface area contributed by atoms with Gasteiger partial charge in [-0.3, -0.25) is 4.98 Å². The molecule has 3 heterocycles. The van der Waals surface area contributed by atoms with Gasteiger partial charge in [-0.15, -0.1) is 0 Å². The van der Waals surface area contributed by atoms with Crippen LogP contribution in [0.4, 0.5) is 5.82 Å². The average molecular weight is 290 g/mol. The van der Waals surface area contributed by atoms with E-state index in [0.717, 1.165) is 35.7 Å². The van der Waals surface area contributed by atoms with Crippen molar-refractivity contribution >= 4 is 5.82 Å². The summed E-state index contributed by atoms with van der Waals surface area (Å²) < 4.78 is 2.06. The number of nitrogens with zero attached hydrogens (tertiary/aromatic N) is 3. The highest BCUT2D eigenvalue weighted by molar-refractivity contribution is 5.72. The van der Waals surface area contributed by atoms with Gasteiger partial charge in [0.15, 0.2) is 0 Å². The molecule has 2 aromatic heterocycles. The molecule has 3 aromatic rings. The molecule has 1 N–H and O–H groups in total. The van der Waals surface area contributed by atoms with Crippen molar-refractivity contribution in [2.75, 3.05) is 11.9 Å². The van der Waals surface area contributed by atoms with Crippen molar-refractivity contribution in [3.8, 4) is 16.9 Å². The lowest BCUT2D eigenvalue weighted by atomic mass is 10.1. The smallest absolute Gasteiger partial charge is 0.133 e. The quantitative estimate of drug-likeness (QED) is 0.785. The lowest BCUT2D eigenvalue weighted by molar-refractivity contribution is 0.873. The van der Waals surface area contributed by atoms with Gasteiger partial charge in [0.2, 0.25) is 0 Å². The Balaban J connectivity index is 1.94. The summed E-state index contributed by atoms with van der Waals surface area (Å²) >= 11 is 0. The summed E-state index contributed by atoms with van der Waals surface area (Å²) in [5.41, 5.74) is 7.10. The lowest BCUT2D eigenvalue weighted by Crippen LogP contribution is -2.06. The van der Waals surface area contributed by atoms with Crippen LogP contribution in [-0.2, 0) is 6.42 Å². The molecular formula is C18H18N4. The van der Waals surface area contributed by atoms with Gasteiger partial charge in [0.25, 0.3) is 0 Å². The van der Waals surface area contributed by atoms with Gasteiger partial charge in [0.05, 0.1) is 11.4 Å². The van der Waals surface area contributed by atoms with E-state index in [4.69, 9.17) is 5.10 Å². The lowest BCUT2D eigenvalue weighted by Gasteiger charge is -2.10. The maximum absolute atomic E-state index is 4.90. The molecule has 0 radical (unpaired) electrons. The van der Waals surface area contributed by atoms with Crippen LogP contribution in [0.25, 0.3) is 16.9 Å². The third-order valence-corrected chi connectivity index (χ3v) is 4.20. The molecule has 1 aromatic carbocycles. The first-order valence-electron chi connectivity index (χ1n) is 7.58. The molecule has 22 heavy (non-hydrogen) atoms. The monoisotopic (exact) mass is 290 g/mol. The van der Waals surface area contributed by atoms with E-state index in [1.165, 1.54) is 16.7 Å². The van der Waals surface area contributed by atoms with E-state index < -0.39 is 0 Å². The second kappa shape index (κ2) is 4.98. The topological polar surface area (TPSA) is 42.7 Å². The van der Waals surface area contributed by atoms with Gasteiger partial charge in [-0.25, -0.2) is 4.68 Å². The summed E-state index contributed by atoms with van der Waals surface area (Å²) in [5.74, 6) is 1.13. The van der Waals surface area contributed by atoms with E-state index in [1.807, 2.05) is 24.5 Å². The Hall–Kier alpha value is -2.62. The summed E-state index contributed by atoms with van der Waals surface area (Å²) in [5, 5.41) is 8.39. The van der Waals surface area contributed by atoms with Crippen molar-refractivity contribution in [3.63, 3.8) is 0 Å². The fourth-order valence-corrected chi connectivity index (χ4v) is 3.04. The minimum absolute atomic E-state index is 0.968. The fraction of sp³-hybridized carbons (Fsp3) is 0.222. The van der Waals surface area contributed by atoms with Gasteiger partial charge in [0.1, 0.15) is 5.82 Å². The summed E-state index contributed by atoms with van der Waals surface area (Å²) in [7, 11) is 0.